The van der Waals surface area contributed by atoms with Crippen molar-refractivity contribution in [2.45, 2.75) is 38.1 Å². The summed E-state index contributed by atoms with van der Waals surface area (Å²) in [4.78, 5) is 2.50. The van der Waals surface area contributed by atoms with Crippen LogP contribution >= 0.6 is 17.0 Å². The third-order valence-electron chi connectivity index (χ3n) is 5.27. The molecule has 0 amide bonds. The minimum atomic E-state index is 0. The van der Waals surface area contributed by atoms with Crippen molar-refractivity contribution in [1.82, 2.24) is 4.90 Å². The monoisotopic (exact) mass is 311 g/mol. The number of fused-ring (bicyclic) bond motifs is 4. The fraction of sp³-hybridized carbons (Fsp3) is 0.600. The highest BCUT2D eigenvalue weighted by Crippen LogP contribution is 2.48. The molecule has 3 atom stereocenters. The molecule has 2 bridgehead atoms. The smallest absolute Gasteiger partial charge is 0.115 e. The van der Waals surface area contributed by atoms with Crippen LogP contribution in [0.15, 0.2) is 18.2 Å². The van der Waals surface area contributed by atoms with Gasteiger partial charge in [0.1, 0.15) is 5.75 Å². The molecule has 0 spiro atoms. The van der Waals surface area contributed by atoms with E-state index in [0.29, 0.717) is 17.7 Å². The number of nitrogens with zero attached hydrogens (tertiary/aromatic N) is 1. The zero-order valence-corrected chi connectivity index (χ0v) is 13.0. The molecule has 1 aromatic rings. The van der Waals surface area contributed by atoms with Crippen LogP contribution in [0.2, 0.25) is 0 Å². The van der Waals surface area contributed by atoms with Crippen molar-refractivity contribution in [3.05, 3.63) is 29.3 Å². The van der Waals surface area contributed by atoms with E-state index in [1.807, 2.05) is 12.1 Å². The maximum atomic E-state index is 9.73. The Kier molecular flexibility index (Phi) is 3.50. The average Bonchev–Trinajstić information content (AvgIpc) is 2.30. The Balaban J connectivity index is 0.00000120. The van der Waals surface area contributed by atoms with Crippen LogP contribution in [0.1, 0.15) is 31.4 Å². The van der Waals surface area contributed by atoms with Gasteiger partial charge in [0.25, 0.3) is 0 Å². The zero-order chi connectivity index (χ0) is 12.2. The Morgan fingerprint density at radius 3 is 2.83 bits per heavy atom. The Labute approximate surface area is 120 Å². The largest absolute Gasteiger partial charge is 0.508 e. The quantitative estimate of drug-likeness (QED) is 0.795. The lowest BCUT2D eigenvalue weighted by atomic mass is 9.59. The summed E-state index contributed by atoms with van der Waals surface area (Å²) in [7, 11) is 2.24. The van der Waals surface area contributed by atoms with Crippen molar-refractivity contribution in [3.63, 3.8) is 0 Å². The van der Waals surface area contributed by atoms with Crippen LogP contribution in [0.25, 0.3) is 0 Å². The Bertz CT molecular complexity index is 462. The second-order valence-electron chi connectivity index (χ2n) is 6.05. The minimum absolute atomic E-state index is 0. The molecule has 0 aromatic heterocycles. The first-order chi connectivity index (χ1) is 8.02. The van der Waals surface area contributed by atoms with Crippen LogP contribution in [-0.2, 0) is 11.8 Å². The number of halogens is 1. The summed E-state index contributed by atoms with van der Waals surface area (Å²) in [5.41, 5.74) is 3.05. The highest BCUT2D eigenvalue weighted by molar-refractivity contribution is 8.93. The number of aromatic hydroxyl groups is 1. The molecule has 2 aliphatic rings. The van der Waals surface area contributed by atoms with E-state index in [1.165, 1.54) is 24.1 Å². The van der Waals surface area contributed by atoms with E-state index in [1.54, 1.807) is 0 Å². The summed E-state index contributed by atoms with van der Waals surface area (Å²) < 4.78 is 0. The van der Waals surface area contributed by atoms with Crippen LogP contribution in [0.4, 0.5) is 0 Å². The van der Waals surface area contributed by atoms with Crippen LogP contribution in [-0.4, -0.2) is 29.6 Å². The molecule has 3 rings (SSSR count). The number of phenolic OH excluding ortho intramolecular Hbond substituents is 1. The van der Waals surface area contributed by atoms with Crippen molar-refractivity contribution in [2.24, 2.45) is 5.92 Å². The summed E-state index contributed by atoms with van der Waals surface area (Å²) >= 11 is 0. The number of benzene rings is 1. The molecule has 100 valence electrons. The Morgan fingerprint density at radius 2 is 2.11 bits per heavy atom. The number of likely N-dealkylation sites (tertiary alicyclic amines) is 1. The van der Waals surface area contributed by atoms with Crippen LogP contribution in [0.5, 0.6) is 5.75 Å². The van der Waals surface area contributed by atoms with Gasteiger partial charge in [-0.05, 0) is 61.0 Å². The fourth-order valence-electron chi connectivity index (χ4n) is 3.82. The number of rotatable bonds is 0. The van der Waals surface area contributed by atoms with Gasteiger partial charge in [0.05, 0.1) is 0 Å². The van der Waals surface area contributed by atoms with E-state index in [4.69, 9.17) is 0 Å². The summed E-state index contributed by atoms with van der Waals surface area (Å²) in [6.07, 6.45) is 2.32. The lowest BCUT2D eigenvalue weighted by molar-refractivity contribution is 0.0506. The van der Waals surface area contributed by atoms with Crippen molar-refractivity contribution >= 4 is 17.0 Å². The summed E-state index contributed by atoms with van der Waals surface area (Å²) in [6.45, 7) is 5.91. The van der Waals surface area contributed by atoms with Gasteiger partial charge in [-0.1, -0.05) is 19.9 Å². The molecule has 2 nitrogen and oxygen atoms in total. The third kappa shape index (κ3) is 1.79. The van der Waals surface area contributed by atoms with E-state index < -0.39 is 0 Å². The lowest BCUT2D eigenvalue weighted by Gasteiger charge is -2.53. The van der Waals surface area contributed by atoms with Gasteiger partial charge in [-0.25, -0.2) is 0 Å². The van der Waals surface area contributed by atoms with E-state index in [0.717, 1.165) is 6.42 Å². The van der Waals surface area contributed by atoms with E-state index in [2.05, 4.69) is 31.9 Å². The maximum Gasteiger partial charge on any atom is 0.115 e. The molecule has 1 N–H and O–H groups in total. The fourth-order valence-corrected chi connectivity index (χ4v) is 3.82. The summed E-state index contributed by atoms with van der Waals surface area (Å²) in [5.74, 6) is 1.07. The number of phenols is 1. The molecule has 1 saturated heterocycles. The SMILES string of the molecule is Br.C[C@H]1[C@H]2Cc3ccc(O)cc3[C@]1(C)CCN2C. The lowest BCUT2D eigenvalue weighted by Crippen LogP contribution is -2.56. The number of hydrogen-bond donors (Lipinski definition) is 1. The van der Waals surface area contributed by atoms with E-state index in [9.17, 15) is 5.11 Å². The van der Waals surface area contributed by atoms with Gasteiger partial charge in [0.2, 0.25) is 0 Å². The first-order valence-electron chi connectivity index (χ1n) is 6.55. The highest BCUT2D eigenvalue weighted by atomic mass is 79.9. The molecule has 1 aromatic carbocycles. The summed E-state index contributed by atoms with van der Waals surface area (Å²) in [6, 6.07) is 6.59. The zero-order valence-electron chi connectivity index (χ0n) is 11.3. The van der Waals surface area contributed by atoms with Crippen LogP contribution < -0.4 is 0 Å². The Morgan fingerprint density at radius 1 is 1.39 bits per heavy atom. The molecule has 1 aliphatic heterocycles. The van der Waals surface area contributed by atoms with E-state index >= 15 is 0 Å². The topological polar surface area (TPSA) is 23.5 Å². The molecule has 0 saturated carbocycles. The molecule has 1 heterocycles. The van der Waals surface area contributed by atoms with Crippen molar-refractivity contribution in [2.75, 3.05) is 13.6 Å². The highest BCUT2D eigenvalue weighted by Gasteiger charge is 2.47. The van der Waals surface area contributed by atoms with Gasteiger partial charge in [-0.2, -0.15) is 0 Å². The van der Waals surface area contributed by atoms with E-state index in [-0.39, 0.29) is 22.4 Å². The van der Waals surface area contributed by atoms with Crippen LogP contribution in [0, 0.1) is 5.92 Å². The number of hydrogen-bond acceptors (Lipinski definition) is 2. The molecule has 0 radical (unpaired) electrons. The van der Waals surface area contributed by atoms with Gasteiger partial charge in [0, 0.05) is 6.04 Å². The predicted molar refractivity (Wildman–Crippen MR) is 79.7 cm³/mol. The molecule has 0 unspecified atom stereocenters. The first-order valence-corrected chi connectivity index (χ1v) is 6.55. The summed E-state index contributed by atoms with van der Waals surface area (Å²) in [5, 5.41) is 9.73. The molecule has 18 heavy (non-hydrogen) atoms. The first kappa shape index (κ1) is 13.9. The number of piperidine rings is 1. The van der Waals surface area contributed by atoms with Crippen LogP contribution in [0.3, 0.4) is 0 Å². The van der Waals surface area contributed by atoms with Crippen molar-refractivity contribution in [3.8, 4) is 5.75 Å². The van der Waals surface area contributed by atoms with Crippen molar-refractivity contribution < 1.29 is 5.11 Å². The molecule has 3 heteroatoms. The van der Waals surface area contributed by atoms with Crippen molar-refractivity contribution in [1.29, 1.82) is 0 Å². The van der Waals surface area contributed by atoms with Gasteiger partial charge in [-0.15, -0.1) is 17.0 Å². The normalized spacial score (nSPS) is 34.6. The Hall–Kier alpha value is -0.540. The number of likely N-dealkylation sites (N-methyl/N-ethyl adjacent to an activating group) is 1. The minimum Gasteiger partial charge on any atom is -0.508 e. The van der Waals surface area contributed by atoms with Gasteiger partial charge in [-0.3, -0.25) is 0 Å². The van der Waals surface area contributed by atoms with Gasteiger partial charge in [0.15, 0.2) is 0 Å². The molecular formula is C15H22BrNO. The van der Waals surface area contributed by atoms with Gasteiger partial charge >= 0.3 is 0 Å². The van der Waals surface area contributed by atoms with Gasteiger partial charge < -0.3 is 10.0 Å². The third-order valence-corrected chi connectivity index (χ3v) is 5.27. The second-order valence-corrected chi connectivity index (χ2v) is 6.05. The molecule has 1 aliphatic carbocycles. The standard InChI is InChI=1S/C15H21NO.BrH/c1-10-14-8-11-4-5-12(17)9-13(11)15(10,2)6-7-16(14)3;/h4-5,9-10,14,17H,6-8H2,1-3H3;1H/t10-,14+,15+;/m0./s1. The molecule has 1 fully saturated rings. The maximum absolute atomic E-state index is 9.73. The predicted octanol–water partition coefficient (Wildman–Crippen LogP) is 3.12. The molecular weight excluding hydrogens is 290 g/mol. The second kappa shape index (κ2) is 4.53. The average molecular weight is 312 g/mol.